The molecule has 108 valence electrons. The molecule has 3 nitrogen and oxygen atoms in total. The number of nitrogens with one attached hydrogen (secondary N) is 1. The molecule has 1 aliphatic rings. The lowest BCUT2D eigenvalue weighted by Gasteiger charge is -2.40. The van der Waals surface area contributed by atoms with E-state index >= 15 is 0 Å². The SMILES string of the molecule is CCC1(CC)CCN(Cc2occc2CNC)CC1. The van der Waals surface area contributed by atoms with E-state index in [9.17, 15) is 0 Å². The number of hydrogen-bond acceptors (Lipinski definition) is 3. The summed E-state index contributed by atoms with van der Waals surface area (Å²) >= 11 is 0. The maximum absolute atomic E-state index is 5.64. The van der Waals surface area contributed by atoms with Crippen molar-refractivity contribution in [1.82, 2.24) is 10.2 Å². The summed E-state index contributed by atoms with van der Waals surface area (Å²) in [5, 5.41) is 3.20. The molecule has 0 spiro atoms. The summed E-state index contributed by atoms with van der Waals surface area (Å²) in [4.78, 5) is 2.54. The Morgan fingerprint density at radius 3 is 2.53 bits per heavy atom. The third kappa shape index (κ3) is 3.40. The minimum atomic E-state index is 0.605. The van der Waals surface area contributed by atoms with Crippen molar-refractivity contribution in [2.45, 2.75) is 52.6 Å². The summed E-state index contributed by atoms with van der Waals surface area (Å²) in [7, 11) is 1.98. The first kappa shape index (κ1) is 14.6. The topological polar surface area (TPSA) is 28.4 Å². The van der Waals surface area contributed by atoms with Gasteiger partial charge in [-0.05, 0) is 44.5 Å². The van der Waals surface area contributed by atoms with Gasteiger partial charge in [-0.15, -0.1) is 0 Å². The normalized spacial score (nSPS) is 19.7. The Bertz CT molecular complexity index is 372. The van der Waals surface area contributed by atoms with Crippen molar-refractivity contribution in [2.75, 3.05) is 20.1 Å². The summed E-state index contributed by atoms with van der Waals surface area (Å²) in [6.45, 7) is 8.97. The standard InChI is InChI=1S/C16H28N2O/c1-4-16(5-2)7-9-18(10-8-16)13-15-14(12-17-3)6-11-19-15/h6,11,17H,4-5,7-10,12-13H2,1-3H3. The Morgan fingerprint density at radius 1 is 1.26 bits per heavy atom. The molecule has 1 saturated heterocycles. The fourth-order valence-corrected chi connectivity index (χ4v) is 3.20. The molecule has 0 saturated carbocycles. The average molecular weight is 264 g/mol. The number of nitrogens with zero attached hydrogens (tertiary/aromatic N) is 1. The molecule has 2 heterocycles. The van der Waals surface area contributed by atoms with Crippen LogP contribution < -0.4 is 5.32 Å². The predicted molar refractivity (Wildman–Crippen MR) is 79.0 cm³/mol. The van der Waals surface area contributed by atoms with Gasteiger partial charge in [-0.1, -0.05) is 26.7 Å². The van der Waals surface area contributed by atoms with Crippen LogP contribution >= 0.6 is 0 Å². The summed E-state index contributed by atoms with van der Waals surface area (Å²) in [5.41, 5.74) is 1.90. The van der Waals surface area contributed by atoms with Gasteiger partial charge in [-0.2, -0.15) is 0 Å². The van der Waals surface area contributed by atoms with Crippen LogP contribution in [0.5, 0.6) is 0 Å². The van der Waals surface area contributed by atoms with Crippen molar-refractivity contribution in [3.05, 3.63) is 23.7 Å². The number of piperidine rings is 1. The van der Waals surface area contributed by atoms with Crippen LogP contribution in [0.15, 0.2) is 16.7 Å². The van der Waals surface area contributed by atoms with Gasteiger partial charge in [-0.3, -0.25) is 4.90 Å². The van der Waals surface area contributed by atoms with Gasteiger partial charge in [0.05, 0.1) is 12.8 Å². The Balaban J connectivity index is 1.90. The minimum Gasteiger partial charge on any atom is -0.468 e. The molecule has 1 aliphatic heterocycles. The van der Waals surface area contributed by atoms with Crippen molar-refractivity contribution >= 4 is 0 Å². The van der Waals surface area contributed by atoms with Gasteiger partial charge in [-0.25, -0.2) is 0 Å². The minimum absolute atomic E-state index is 0.605. The van der Waals surface area contributed by atoms with Gasteiger partial charge in [0.15, 0.2) is 0 Å². The molecule has 0 unspecified atom stereocenters. The first-order chi connectivity index (χ1) is 9.23. The molecule has 0 atom stereocenters. The zero-order valence-corrected chi connectivity index (χ0v) is 12.7. The summed E-state index contributed by atoms with van der Waals surface area (Å²) < 4.78 is 5.64. The third-order valence-electron chi connectivity index (χ3n) is 4.99. The zero-order chi connectivity index (χ0) is 13.7. The Labute approximate surface area is 117 Å². The first-order valence-electron chi connectivity index (χ1n) is 7.65. The lowest BCUT2D eigenvalue weighted by Crippen LogP contribution is -2.39. The second-order valence-electron chi connectivity index (χ2n) is 5.88. The highest BCUT2D eigenvalue weighted by Crippen LogP contribution is 2.38. The van der Waals surface area contributed by atoms with Gasteiger partial charge < -0.3 is 9.73 Å². The van der Waals surface area contributed by atoms with Gasteiger partial charge >= 0.3 is 0 Å². The molecule has 3 heteroatoms. The molecular formula is C16H28N2O. The fraction of sp³-hybridized carbons (Fsp3) is 0.750. The molecule has 0 bridgehead atoms. The quantitative estimate of drug-likeness (QED) is 0.853. The lowest BCUT2D eigenvalue weighted by molar-refractivity contribution is 0.0860. The number of furan rings is 1. The number of likely N-dealkylation sites (tertiary alicyclic amines) is 1. The summed E-state index contributed by atoms with van der Waals surface area (Å²) in [6, 6.07) is 2.08. The van der Waals surface area contributed by atoms with Gasteiger partial charge in [0.1, 0.15) is 5.76 Å². The van der Waals surface area contributed by atoms with Crippen molar-refractivity contribution < 1.29 is 4.42 Å². The van der Waals surface area contributed by atoms with Gasteiger partial charge in [0, 0.05) is 12.1 Å². The van der Waals surface area contributed by atoms with Crippen molar-refractivity contribution in [2.24, 2.45) is 5.41 Å². The molecule has 0 amide bonds. The lowest BCUT2D eigenvalue weighted by atomic mass is 9.74. The summed E-state index contributed by atoms with van der Waals surface area (Å²) in [5.74, 6) is 1.13. The largest absolute Gasteiger partial charge is 0.468 e. The highest BCUT2D eigenvalue weighted by molar-refractivity contribution is 5.16. The van der Waals surface area contributed by atoms with Crippen molar-refractivity contribution in [3.8, 4) is 0 Å². The van der Waals surface area contributed by atoms with E-state index in [4.69, 9.17) is 4.42 Å². The van der Waals surface area contributed by atoms with Crippen LogP contribution in [0.3, 0.4) is 0 Å². The molecule has 2 rings (SSSR count). The molecule has 0 radical (unpaired) electrons. The van der Waals surface area contributed by atoms with E-state index in [-0.39, 0.29) is 0 Å². The fourth-order valence-electron chi connectivity index (χ4n) is 3.20. The van der Waals surface area contributed by atoms with Crippen molar-refractivity contribution in [1.29, 1.82) is 0 Å². The molecule has 1 aromatic rings. The Hall–Kier alpha value is -0.800. The second-order valence-corrected chi connectivity index (χ2v) is 5.88. The van der Waals surface area contributed by atoms with Crippen molar-refractivity contribution in [3.63, 3.8) is 0 Å². The molecule has 0 aromatic carbocycles. The highest BCUT2D eigenvalue weighted by Gasteiger charge is 2.31. The number of rotatable bonds is 6. The Kier molecular flexibility index (Phi) is 5.06. The Morgan fingerprint density at radius 2 is 1.95 bits per heavy atom. The monoisotopic (exact) mass is 264 g/mol. The molecule has 19 heavy (non-hydrogen) atoms. The third-order valence-corrected chi connectivity index (χ3v) is 4.99. The molecular weight excluding hydrogens is 236 g/mol. The van der Waals surface area contributed by atoms with Crippen LogP contribution in [0, 0.1) is 5.41 Å². The zero-order valence-electron chi connectivity index (χ0n) is 12.7. The average Bonchev–Trinajstić information content (AvgIpc) is 2.88. The van der Waals surface area contributed by atoms with Gasteiger partial charge in [0.2, 0.25) is 0 Å². The maximum Gasteiger partial charge on any atom is 0.122 e. The summed E-state index contributed by atoms with van der Waals surface area (Å²) in [6.07, 6.45) is 7.13. The van der Waals surface area contributed by atoms with Crippen LogP contribution in [-0.2, 0) is 13.1 Å². The molecule has 1 N–H and O–H groups in total. The van der Waals surface area contributed by atoms with E-state index in [1.165, 1.54) is 44.3 Å². The smallest absolute Gasteiger partial charge is 0.122 e. The molecule has 1 fully saturated rings. The van der Waals surface area contributed by atoms with E-state index in [1.54, 1.807) is 0 Å². The van der Waals surface area contributed by atoms with E-state index in [0.29, 0.717) is 5.41 Å². The van der Waals surface area contributed by atoms with Crippen LogP contribution in [0.25, 0.3) is 0 Å². The molecule has 0 aliphatic carbocycles. The van der Waals surface area contributed by atoms with E-state index in [0.717, 1.165) is 18.8 Å². The van der Waals surface area contributed by atoms with E-state index in [1.807, 2.05) is 13.3 Å². The van der Waals surface area contributed by atoms with E-state index in [2.05, 4.69) is 30.1 Å². The molecule has 1 aromatic heterocycles. The second kappa shape index (κ2) is 6.58. The van der Waals surface area contributed by atoms with Crippen LogP contribution in [0.1, 0.15) is 50.9 Å². The maximum atomic E-state index is 5.64. The van der Waals surface area contributed by atoms with Crippen LogP contribution in [0.2, 0.25) is 0 Å². The van der Waals surface area contributed by atoms with Crippen LogP contribution in [-0.4, -0.2) is 25.0 Å². The highest BCUT2D eigenvalue weighted by atomic mass is 16.3. The predicted octanol–water partition coefficient (Wildman–Crippen LogP) is 3.40. The van der Waals surface area contributed by atoms with Gasteiger partial charge in [0.25, 0.3) is 0 Å². The van der Waals surface area contributed by atoms with E-state index < -0.39 is 0 Å². The number of hydrogen-bond donors (Lipinski definition) is 1. The van der Waals surface area contributed by atoms with Crippen LogP contribution in [0.4, 0.5) is 0 Å². The first-order valence-corrected chi connectivity index (χ1v) is 7.65.